The highest BCUT2D eigenvalue weighted by Gasteiger charge is 2.12. The molecule has 0 aliphatic rings. The van der Waals surface area contributed by atoms with Crippen LogP contribution < -0.4 is 0 Å². The molecule has 0 aromatic carbocycles. The number of aliphatic hydroxyl groups excluding tert-OH is 1. The summed E-state index contributed by atoms with van der Waals surface area (Å²) < 4.78 is 6.55. The molecule has 140 valence electrons. The maximum Gasteiger partial charge on any atom is 0.102 e. The second-order valence-electron chi connectivity index (χ2n) is 7.61. The molecule has 0 unspecified atom stereocenters. The predicted octanol–water partition coefficient (Wildman–Crippen LogP) is 4.77. The lowest BCUT2D eigenvalue weighted by Crippen LogP contribution is -2.44. The molecule has 0 radical (unpaired) electrons. The van der Waals surface area contributed by atoms with Crippen LogP contribution in [0.2, 0.25) is 0 Å². The van der Waals surface area contributed by atoms with Crippen LogP contribution in [0, 0.1) is 0 Å². The molecule has 0 amide bonds. The van der Waals surface area contributed by atoms with Gasteiger partial charge < -0.3 is 14.3 Å². The van der Waals surface area contributed by atoms with E-state index >= 15 is 0 Å². The second-order valence-corrected chi connectivity index (χ2v) is 7.61. The molecule has 0 bridgehead atoms. The van der Waals surface area contributed by atoms with E-state index in [9.17, 15) is 0 Å². The average Bonchev–Trinajstić information content (AvgIpc) is 2.51. The summed E-state index contributed by atoms with van der Waals surface area (Å²) in [6.45, 7) is 6.04. The van der Waals surface area contributed by atoms with Gasteiger partial charge in [0.05, 0.1) is 27.3 Å². The molecule has 0 heterocycles. The first-order valence-corrected chi connectivity index (χ1v) is 10.1. The largest absolute Gasteiger partial charge is 0.391 e. The third kappa shape index (κ3) is 18.1. The van der Waals surface area contributed by atoms with Gasteiger partial charge in [0.25, 0.3) is 0 Å². The van der Waals surface area contributed by atoms with E-state index in [4.69, 9.17) is 9.84 Å². The Balaban J connectivity index is 3.11. The van der Waals surface area contributed by atoms with Gasteiger partial charge in [0.2, 0.25) is 0 Å². The molecular formula is C20H44NO2+. The first kappa shape index (κ1) is 22.9. The van der Waals surface area contributed by atoms with Gasteiger partial charge in [0.1, 0.15) is 13.1 Å². The maximum atomic E-state index is 8.97. The van der Waals surface area contributed by atoms with Crippen LogP contribution in [0.3, 0.4) is 0 Å². The van der Waals surface area contributed by atoms with Crippen molar-refractivity contribution in [1.29, 1.82) is 0 Å². The van der Waals surface area contributed by atoms with E-state index in [-0.39, 0.29) is 6.61 Å². The molecule has 0 aliphatic heterocycles. The first-order chi connectivity index (χ1) is 11.1. The Morgan fingerprint density at radius 3 is 1.61 bits per heavy atom. The van der Waals surface area contributed by atoms with Gasteiger partial charge in [-0.25, -0.2) is 0 Å². The number of quaternary nitrogens is 1. The van der Waals surface area contributed by atoms with Crippen molar-refractivity contribution in [2.24, 2.45) is 0 Å². The number of hydrogen-bond acceptors (Lipinski definition) is 2. The van der Waals surface area contributed by atoms with Gasteiger partial charge in [-0.05, 0) is 6.42 Å². The quantitative estimate of drug-likeness (QED) is 0.290. The van der Waals surface area contributed by atoms with Crippen LogP contribution >= 0.6 is 0 Å². The van der Waals surface area contributed by atoms with Crippen LogP contribution in [0.5, 0.6) is 0 Å². The summed E-state index contributed by atoms with van der Waals surface area (Å²) in [5, 5.41) is 8.97. The van der Waals surface area contributed by atoms with Gasteiger partial charge >= 0.3 is 0 Å². The van der Waals surface area contributed by atoms with Crippen molar-refractivity contribution in [2.75, 3.05) is 47.0 Å². The van der Waals surface area contributed by atoms with Crippen molar-refractivity contribution < 1.29 is 14.3 Å². The van der Waals surface area contributed by atoms with Crippen LogP contribution in [0.1, 0.15) is 84.0 Å². The van der Waals surface area contributed by atoms with Crippen molar-refractivity contribution >= 4 is 0 Å². The molecule has 0 spiro atoms. The smallest absolute Gasteiger partial charge is 0.102 e. The number of aliphatic hydroxyl groups is 1. The summed E-state index contributed by atoms with van der Waals surface area (Å²) in [6.07, 6.45) is 16.7. The maximum absolute atomic E-state index is 8.97. The Hall–Kier alpha value is -0.120. The van der Waals surface area contributed by atoms with E-state index in [0.717, 1.165) is 30.8 Å². The lowest BCUT2D eigenvalue weighted by molar-refractivity contribution is -0.891. The number of unbranched alkanes of at least 4 members (excludes halogenated alkanes) is 11. The fraction of sp³-hybridized carbons (Fsp3) is 1.00. The third-order valence-corrected chi connectivity index (χ3v) is 4.69. The van der Waals surface area contributed by atoms with Gasteiger partial charge in [-0.1, -0.05) is 77.6 Å². The normalized spacial score (nSPS) is 12.0. The van der Waals surface area contributed by atoms with Crippen molar-refractivity contribution in [3.05, 3.63) is 0 Å². The van der Waals surface area contributed by atoms with E-state index in [0.29, 0.717) is 0 Å². The Bertz CT molecular complexity index is 232. The van der Waals surface area contributed by atoms with Crippen LogP contribution in [-0.2, 0) is 4.74 Å². The Morgan fingerprint density at radius 1 is 0.652 bits per heavy atom. The summed E-state index contributed by atoms with van der Waals surface area (Å²) in [4.78, 5) is 0. The SMILES string of the molecule is CCCCCCCCCCCCCCOCC[N+](C)(C)CCO. The highest BCUT2D eigenvalue weighted by atomic mass is 16.5. The van der Waals surface area contributed by atoms with Crippen molar-refractivity contribution in [3.63, 3.8) is 0 Å². The number of likely N-dealkylation sites (N-methyl/N-ethyl adjacent to an activating group) is 1. The van der Waals surface area contributed by atoms with Crippen LogP contribution in [0.15, 0.2) is 0 Å². The molecule has 0 aromatic rings. The molecule has 0 fully saturated rings. The highest BCUT2D eigenvalue weighted by Crippen LogP contribution is 2.11. The van der Waals surface area contributed by atoms with Crippen LogP contribution in [-0.4, -0.2) is 56.6 Å². The van der Waals surface area contributed by atoms with Crippen molar-refractivity contribution in [1.82, 2.24) is 0 Å². The zero-order chi connectivity index (χ0) is 17.2. The number of hydrogen-bond donors (Lipinski definition) is 1. The molecule has 0 aromatic heterocycles. The van der Waals surface area contributed by atoms with E-state index in [1.807, 2.05) is 0 Å². The molecule has 0 saturated carbocycles. The summed E-state index contributed by atoms with van der Waals surface area (Å²) in [6, 6.07) is 0. The van der Waals surface area contributed by atoms with Crippen molar-refractivity contribution in [3.8, 4) is 0 Å². The van der Waals surface area contributed by atoms with E-state index in [2.05, 4.69) is 21.0 Å². The topological polar surface area (TPSA) is 29.5 Å². The van der Waals surface area contributed by atoms with E-state index in [1.54, 1.807) is 0 Å². The fourth-order valence-electron chi connectivity index (χ4n) is 2.84. The fourth-order valence-corrected chi connectivity index (χ4v) is 2.84. The summed E-state index contributed by atoms with van der Waals surface area (Å²) in [5.41, 5.74) is 0. The Morgan fingerprint density at radius 2 is 1.13 bits per heavy atom. The Labute approximate surface area is 146 Å². The number of rotatable bonds is 18. The standard InChI is InChI=1S/C20H44NO2/c1-4-5-6-7-8-9-10-11-12-13-14-15-19-23-20-17-21(2,3)16-18-22/h22H,4-20H2,1-3H3/q+1. The van der Waals surface area contributed by atoms with Gasteiger partial charge in [-0.15, -0.1) is 0 Å². The zero-order valence-corrected chi connectivity index (χ0v) is 16.3. The average molecular weight is 331 g/mol. The molecule has 3 heteroatoms. The van der Waals surface area contributed by atoms with Gasteiger partial charge in [0.15, 0.2) is 0 Å². The third-order valence-electron chi connectivity index (χ3n) is 4.69. The second kappa shape index (κ2) is 16.7. The summed E-state index contributed by atoms with van der Waals surface area (Å²) >= 11 is 0. The monoisotopic (exact) mass is 330 g/mol. The van der Waals surface area contributed by atoms with Crippen molar-refractivity contribution in [2.45, 2.75) is 84.0 Å². The predicted molar refractivity (Wildman–Crippen MR) is 101 cm³/mol. The van der Waals surface area contributed by atoms with Gasteiger partial charge in [-0.2, -0.15) is 0 Å². The summed E-state index contributed by atoms with van der Waals surface area (Å²) in [5.74, 6) is 0. The number of nitrogens with zero attached hydrogens (tertiary/aromatic N) is 1. The lowest BCUT2D eigenvalue weighted by Gasteiger charge is -2.28. The zero-order valence-electron chi connectivity index (χ0n) is 16.3. The van der Waals surface area contributed by atoms with E-state index in [1.165, 1.54) is 77.0 Å². The minimum Gasteiger partial charge on any atom is -0.391 e. The summed E-state index contributed by atoms with van der Waals surface area (Å²) in [7, 11) is 4.28. The molecule has 0 atom stereocenters. The molecular weight excluding hydrogens is 286 g/mol. The molecule has 3 nitrogen and oxygen atoms in total. The molecule has 0 rings (SSSR count). The van der Waals surface area contributed by atoms with Crippen LogP contribution in [0.25, 0.3) is 0 Å². The van der Waals surface area contributed by atoms with E-state index < -0.39 is 0 Å². The minimum absolute atomic E-state index is 0.256. The lowest BCUT2D eigenvalue weighted by atomic mass is 10.1. The molecule has 1 N–H and O–H groups in total. The molecule has 0 aliphatic carbocycles. The van der Waals surface area contributed by atoms with Crippen LogP contribution in [0.4, 0.5) is 0 Å². The molecule has 0 saturated heterocycles. The van der Waals surface area contributed by atoms with Gasteiger partial charge in [0, 0.05) is 6.61 Å². The Kier molecular flexibility index (Phi) is 16.6. The first-order valence-electron chi connectivity index (χ1n) is 10.1. The highest BCUT2D eigenvalue weighted by molar-refractivity contribution is 4.48. The van der Waals surface area contributed by atoms with Gasteiger partial charge in [-0.3, -0.25) is 0 Å². The number of ether oxygens (including phenoxy) is 1. The molecule has 23 heavy (non-hydrogen) atoms. The minimum atomic E-state index is 0.256.